The van der Waals surface area contributed by atoms with E-state index in [1.807, 2.05) is 6.92 Å². The fourth-order valence-electron chi connectivity index (χ4n) is 0.463. The molecule has 0 N–H and O–H groups in total. The highest BCUT2D eigenvalue weighted by atomic mass is 14.7. The average Bonchev–Trinajstić information content (AvgIpc) is 1.99. The van der Waals surface area contributed by atoms with Crippen molar-refractivity contribution in [3.8, 4) is 0 Å². The average molecular weight is 139 g/mol. The Morgan fingerprint density at radius 3 is 2.40 bits per heavy atom. The molecule has 58 valence electrons. The fraction of sp³-hybridized carbons (Fsp3) is 0.667. The van der Waals surface area contributed by atoms with Crippen molar-refractivity contribution in [1.82, 2.24) is 0 Å². The summed E-state index contributed by atoms with van der Waals surface area (Å²) in [5.74, 6) is 0. The summed E-state index contributed by atoms with van der Waals surface area (Å²) in [6, 6.07) is 0. The van der Waals surface area contributed by atoms with Crippen molar-refractivity contribution >= 4 is 5.71 Å². The van der Waals surface area contributed by atoms with Gasteiger partial charge in [-0.15, -0.1) is 0 Å². The smallest absolute Gasteiger partial charge is 0.0596 e. The van der Waals surface area contributed by atoms with E-state index in [4.69, 9.17) is 0 Å². The van der Waals surface area contributed by atoms with Gasteiger partial charge in [-0.1, -0.05) is 18.6 Å². The Labute approximate surface area is 63.9 Å². The van der Waals surface area contributed by atoms with Gasteiger partial charge in [0, 0.05) is 5.71 Å². The van der Waals surface area contributed by atoms with Crippen molar-refractivity contribution in [3.63, 3.8) is 0 Å². The molecule has 0 atom stereocenters. The summed E-state index contributed by atoms with van der Waals surface area (Å²) in [6.07, 6.45) is 3.17. The van der Waals surface area contributed by atoms with Crippen LogP contribution in [0.5, 0.6) is 0 Å². The van der Waals surface area contributed by atoms with Crippen molar-refractivity contribution in [3.05, 3.63) is 11.6 Å². The molecule has 0 aliphatic carbocycles. The SMILES string of the molecule is C/C=C(\C)CN=C(C)CC. The van der Waals surface area contributed by atoms with E-state index in [0.717, 1.165) is 13.0 Å². The maximum Gasteiger partial charge on any atom is 0.0596 e. The van der Waals surface area contributed by atoms with Crippen LogP contribution in [0.15, 0.2) is 16.6 Å². The molecule has 0 unspecified atom stereocenters. The molecule has 10 heavy (non-hydrogen) atoms. The number of nitrogens with zero attached hydrogens (tertiary/aromatic N) is 1. The van der Waals surface area contributed by atoms with Gasteiger partial charge in [-0.3, -0.25) is 4.99 Å². The quantitative estimate of drug-likeness (QED) is 0.421. The molecule has 0 aromatic heterocycles. The molecule has 0 heterocycles. The highest BCUT2D eigenvalue weighted by Gasteiger charge is 1.85. The zero-order valence-electron chi connectivity index (χ0n) is 7.44. The lowest BCUT2D eigenvalue weighted by Gasteiger charge is -1.95. The molecule has 0 fully saturated rings. The molecular weight excluding hydrogens is 122 g/mol. The zero-order valence-corrected chi connectivity index (χ0v) is 7.44. The second kappa shape index (κ2) is 5.21. The van der Waals surface area contributed by atoms with Gasteiger partial charge in [-0.25, -0.2) is 0 Å². The lowest BCUT2D eigenvalue weighted by atomic mass is 10.3. The largest absolute Gasteiger partial charge is 0.290 e. The highest BCUT2D eigenvalue weighted by Crippen LogP contribution is 1.93. The number of aliphatic imine (C=N–C) groups is 1. The summed E-state index contributed by atoms with van der Waals surface area (Å²) in [7, 11) is 0. The predicted molar refractivity (Wildman–Crippen MR) is 47.7 cm³/mol. The van der Waals surface area contributed by atoms with Crippen molar-refractivity contribution in [2.24, 2.45) is 4.99 Å². The molecule has 0 spiro atoms. The minimum Gasteiger partial charge on any atom is -0.290 e. The van der Waals surface area contributed by atoms with Crippen LogP contribution in [-0.4, -0.2) is 12.3 Å². The van der Waals surface area contributed by atoms with Crippen LogP contribution in [0.2, 0.25) is 0 Å². The van der Waals surface area contributed by atoms with E-state index in [0.29, 0.717) is 0 Å². The zero-order chi connectivity index (χ0) is 7.98. The first kappa shape index (κ1) is 9.41. The molecule has 0 aromatic rings. The summed E-state index contributed by atoms with van der Waals surface area (Å²) < 4.78 is 0. The Hall–Kier alpha value is -0.590. The van der Waals surface area contributed by atoms with Crippen molar-refractivity contribution < 1.29 is 0 Å². The maximum atomic E-state index is 4.36. The second-order valence-electron chi connectivity index (χ2n) is 2.54. The maximum absolute atomic E-state index is 4.36. The normalized spacial score (nSPS) is 14.0. The van der Waals surface area contributed by atoms with Gasteiger partial charge in [0.15, 0.2) is 0 Å². The molecule has 0 radical (unpaired) electrons. The first-order chi connectivity index (χ1) is 4.70. The molecule has 0 amide bonds. The van der Waals surface area contributed by atoms with Crippen LogP contribution in [0.4, 0.5) is 0 Å². The van der Waals surface area contributed by atoms with Crippen LogP contribution in [0.3, 0.4) is 0 Å². The predicted octanol–water partition coefficient (Wildman–Crippen LogP) is 2.82. The third-order valence-electron chi connectivity index (χ3n) is 1.60. The monoisotopic (exact) mass is 139 g/mol. The van der Waals surface area contributed by atoms with Crippen molar-refractivity contribution in [2.75, 3.05) is 6.54 Å². The topological polar surface area (TPSA) is 12.4 Å². The van der Waals surface area contributed by atoms with Gasteiger partial charge >= 0.3 is 0 Å². The van der Waals surface area contributed by atoms with Gasteiger partial charge in [0.1, 0.15) is 0 Å². The van der Waals surface area contributed by atoms with Crippen LogP contribution in [0.25, 0.3) is 0 Å². The van der Waals surface area contributed by atoms with E-state index in [1.54, 1.807) is 0 Å². The van der Waals surface area contributed by atoms with E-state index in [1.165, 1.54) is 11.3 Å². The standard InChI is InChI=1S/C9H17N/c1-5-8(3)7-10-9(4)6-2/h5H,6-7H2,1-4H3/b8-5+,10-9?. The van der Waals surface area contributed by atoms with Crippen molar-refractivity contribution in [2.45, 2.75) is 34.1 Å². The minimum atomic E-state index is 0.871. The van der Waals surface area contributed by atoms with Crippen LogP contribution in [0.1, 0.15) is 34.1 Å². The molecule has 1 heteroatoms. The third-order valence-corrected chi connectivity index (χ3v) is 1.60. The Morgan fingerprint density at radius 1 is 1.40 bits per heavy atom. The molecule has 0 bridgehead atoms. The number of hydrogen-bond donors (Lipinski definition) is 0. The molecule has 0 aliphatic heterocycles. The van der Waals surface area contributed by atoms with Gasteiger partial charge in [-0.2, -0.15) is 0 Å². The molecular formula is C9H17N. The van der Waals surface area contributed by atoms with Crippen LogP contribution in [0, 0.1) is 0 Å². The van der Waals surface area contributed by atoms with E-state index in [9.17, 15) is 0 Å². The molecule has 0 saturated heterocycles. The summed E-state index contributed by atoms with van der Waals surface area (Å²) in [6.45, 7) is 9.22. The lowest BCUT2D eigenvalue weighted by molar-refractivity contribution is 1.10. The van der Waals surface area contributed by atoms with E-state index < -0.39 is 0 Å². The Kier molecular flexibility index (Phi) is 4.91. The number of rotatable bonds is 3. The van der Waals surface area contributed by atoms with Gasteiger partial charge < -0.3 is 0 Å². The van der Waals surface area contributed by atoms with E-state index >= 15 is 0 Å². The van der Waals surface area contributed by atoms with Gasteiger partial charge in [-0.05, 0) is 27.2 Å². The fourth-order valence-corrected chi connectivity index (χ4v) is 0.463. The molecule has 0 aliphatic rings. The first-order valence-corrected chi connectivity index (χ1v) is 3.82. The van der Waals surface area contributed by atoms with Gasteiger partial charge in [0.2, 0.25) is 0 Å². The molecule has 0 rings (SSSR count). The third kappa shape index (κ3) is 4.30. The summed E-state index contributed by atoms with van der Waals surface area (Å²) >= 11 is 0. The highest BCUT2D eigenvalue weighted by molar-refractivity contribution is 5.81. The number of allylic oxidation sites excluding steroid dienone is 1. The number of hydrogen-bond acceptors (Lipinski definition) is 1. The Morgan fingerprint density at radius 2 is 2.00 bits per heavy atom. The Bertz CT molecular complexity index is 143. The van der Waals surface area contributed by atoms with Crippen molar-refractivity contribution in [1.29, 1.82) is 0 Å². The molecule has 0 saturated carbocycles. The summed E-state index contributed by atoms with van der Waals surface area (Å²) in [5.41, 5.74) is 2.58. The Balaban J connectivity index is 3.72. The first-order valence-electron chi connectivity index (χ1n) is 3.82. The van der Waals surface area contributed by atoms with E-state index in [2.05, 4.69) is 31.8 Å². The van der Waals surface area contributed by atoms with Crippen LogP contribution in [-0.2, 0) is 0 Å². The van der Waals surface area contributed by atoms with E-state index in [-0.39, 0.29) is 0 Å². The summed E-state index contributed by atoms with van der Waals surface area (Å²) in [4.78, 5) is 4.36. The van der Waals surface area contributed by atoms with Crippen LogP contribution < -0.4 is 0 Å². The van der Waals surface area contributed by atoms with Gasteiger partial charge in [0.05, 0.1) is 6.54 Å². The second-order valence-corrected chi connectivity index (χ2v) is 2.54. The summed E-state index contributed by atoms with van der Waals surface area (Å²) in [5, 5.41) is 0. The minimum absolute atomic E-state index is 0.871. The molecule has 0 aromatic carbocycles. The lowest BCUT2D eigenvalue weighted by Crippen LogP contribution is -1.91. The van der Waals surface area contributed by atoms with Crippen LogP contribution >= 0.6 is 0 Å². The molecule has 1 nitrogen and oxygen atoms in total. The van der Waals surface area contributed by atoms with Gasteiger partial charge in [0.25, 0.3) is 0 Å².